The van der Waals surface area contributed by atoms with Crippen LogP contribution in [0, 0.1) is 18.8 Å². The third-order valence-corrected chi connectivity index (χ3v) is 1.79. The molecule has 1 aromatic rings. The van der Waals surface area contributed by atoms with E-state index in [1.165, 1.54) is 0 Å². The first-order valence-electron chi connectivity index (χ1n) is 3.99. The number of aryl methyl sites for hydroxylation is 1. The van der Waals surface area contributed by atoms with E-state index in [0.29, 0.717) is 0 Å². The van der Waals surface area contributed by atoms with Gasteiger partial charge in [-0.15, -0.1) is 0 Å². The minimum atomic E-state index is 0.829. The molecule has 0 spiro atoms. The molecule has 1 aliphatic rings. The van der Waals surface area contributed by atoms with Crippen LogP contribution in [0.1, 0.15) is 23.4 Å². The van der Waals surface area contributed by atoms with E-state index >= 15 is 0 Å². The Kier molecular flexibility index (Phi) is 1.68. The Morgan fingerprint density at radius 3 is 3.25 bits per heavy atom. The van der Waals surface area contributed by atoms with Crippen LogP contribution in [0.5, 0.6) is 0 Å². The van der Waals surface area contributed by atoms with E-state index in [2.05, 4.69) is 35.0 Å². The van der Waals surface area contributed by atoms with Gasteiger partial charge in [0.1, 0.15) is 5.69 Å². The lowest BCUT2D eigenvalue weighted by Gasteiger charge is -1.97. The van der Waals surface area contributed by atoms with E-state index in [9.17, 15) is 0 Å². The van der Waals surface area contributed by atoms with Gasteiger partial charge in [-0.05, 0) is 18.9 Å². The molecule has 0 amide bonds. The molecule has 0 saturated heterocycles. The summed E-state index contributed by atoms with van der Waals surface area (Å²) in [5, 5.41) is 0. The lowest BCUT2D eigenvalue weighted by molar-refractivity contribution is 1.17. The van der Waals surface area contributed by atoms with Crippen molar-refractivity contribution in [2.24, 2.45) is 0 Å². The number of pyridine rings is 1. The normalized spacial score (nSPS) is 12.8. The molecule has 0 unspecified atom stereocenters. The summed E-state index contributed by atoms with van der Waals surface area (Å²) >= 11 is 0. The fraction of sp³-hybridized carbons (Fsp3) is 0.182. The summed E-state index contributed by atoms with van der Waals surface area (Å²) in [5.41, 5.74) is 3.06. The van der Waals surface area contributed by atoms with Crippen molar-refractivity contribution in [3.63, 3.8) is 0 Å². The van der Waals surface area contributed by atoms with Crippen LogP contribution < -0.4 is 0 Å². The molecule has 0 fully saturated rings. The summed E-state index contributed by atoms with van der Waals surface area (Å²) in [5.74, 6) is 6.07. The van der Waals surface area contributed by atoms with Gasteiger partial charge in [0.15, 0.2) is 0 Å². The summed E-state index contributed by atoms with van der Waals surface area (Å²) in [6.07, 6.45) is 4.96. The molecule has 0 aliphatic heterocycles. The minimum Gasteiger partial charge on any atom is -0.244 e. The smallest absolute Gasteiger partial charge is 0.120 e. The first-order valence-corrected chi connectivity index (χ1v) is 3.99. The molecule has 1 aromatic heterocycles. The van der Waals surface area contributed by atoms with E-state index in [4.69, 9.17) is 0 Å². The Morgan fingerprint density at radius 2 is 2.33 bits per heavy atom. The highest BCUT2D eigenvalue weighted by atomic mass is 14.7. The largest absolute Gasteiger partial charge is 0.244 e. The molecule has 1 heteroatoms. The van der Waals surface area contributed by atoms with Crippen molar-refractivity contribution >= 4 is 6.08 Å². The highest BCUT2D eigenvalue weighted by Crippen LogP contribution is 2.10. The zero-order chi connectivity index (χ0) is 8.39. The maximum Gasteiger partial charge on any atom is 0.120 e. The van der Waals surface area contributed by atoms with Crippen molar-refractivity contribution in [2.45, 2.75) is 13.3 Å². The second-order valence-electron chi connectivity index (χ2n) is 2.80. The summed E-state index contributed by atoms with van der Waals surface area (Å²) < 4.78 is 0. The number of rotatable bonds is 0. The van der Waals surface area contributed by atoms with Crippen molar-refractivity contribution in [2.75, 3.05) is 0 Å². The fourth-order valence-corrected chi connectivity index (χ4v) is 1.18. The van der Waals surface area contributed by atoms with Crippen molar-refractivity contribution in [3.8, 4) is 11.8 Å². The second kappa shape index (κ2) is 2.83. The molecule has 0 bridgehead atoms. The van der Waals surface area contributed by atoms with Gasteiger partial charge >= 0.3 is 0 Å². The van der Waals surface area contributed by atoms with Crippen LogP contribution >= 0.6 is 0 Å². The van der Waals surface area contributed by atoms with Gasteiger partial charge in [-0.25, -0.2) is 4.98 Å². The first-order chi connectivity index (χ1) is 5.86. The van der Waals surface area contributed by atoms with Crippen LogP contribution in [-0.2, 0) is 0 Å². The average Bonchev–Trinajstić information content (AvgIpc) is 2.28. The zero-order valence-corrected chi connectivity index (χ0v) is 6.96. The van der Waals surface area contributed by atoms with Crippen LogP contribution in [0.3, 0.4) is 0 Å². The topological polar surface area (TPSA) is 12.9 Å². The van der Waals surface area contributed by atoms with Gasteiger partial charge in [-0.3, -0.25) is 0 Å². The number of nitrogens with zero attached hydrogens (tertiary/aromatic N) is 1. The number of fused-ring (bicyclic) bond motifs is 1. The molecule has 1 heterocycles. The van der Waals surface area contributed by atoms with Gasteiger partial charge < -0.3 is 0 Å². The van der Waals surface area contributed by atoms with Crippen LogP contribution in [0.25, 0.3) is 6.08 Å². The summed E-state index contributed by atoms with van der Waals surface area (Å²) in [6, 6.07) is 4.07. The first kappa shape index (κ1) is 7.12. The SMILES string of the molecule is Cc1ccc2c(n1)C#CCC=C2. The van der Waals surface area contributed by atoms with Gasteiger partial charge in [-0.2, -0.15) is 0 Å². The van der Waals surface area contributed by atoms with Crippen molar-refractivity contribution in [1.29, 1.82) is 0 Å². The fourth-order valence-electron chi connectivity index (χ4n) is 1.18. The van der Waals surface area contributed by atoms with Crippen LogP contribution in [0.15, 0.2) is 18.2 Å². The summed E-state index contributed by atoms with van der Waals surface area (Å²) in [7, 11) is 0. The molecular formula is C11H9N. The standard InChI is InChI=1S/C11H9N/c1-9-7-8-10-5-3-2-4-6-11(10)12-9/h3,5,7-8H,2H2,1H3. The molecule has 1 nitrogen and oxygen atoms in total. The van der Waals surface area contributed by atoms with E-state index in [1.54, 1.807) is 0 Å². The Hall–Kier alpha value is -1.55. The van der Waals surface area contributed by atoms with Crippen molar-refractivity contribution in [3.05, 3.63) is 35.2 Å². The molecule has 2 rings (SSSR count). The number of hydrogen-bond donors (Lipinski definition) is 0. The van der Waals surface area contributed by atoms with Crippen LogP contribution in [0.4, 0.5) is 0 Å². The molecule has 12 heavy (non-hydrogen) atoms. The van der Waals surface area contributed by atoms with E-state index < -0.39 is 0 Å². The summed E-state index contributed by atoms with van der Waals surface area (Å²) in [4.78, 5) is 4.35. The van der Waals surface area contributed by atoms with Crippen molar-refractivity contribution in [1.82, 2.24) is 4.98 Å². The van der Waals surface area contributed by atoms with Gasteiger partial charge in [0.25, 0.3) is 0 Å². The molecule has 0 saturated carbocycles. The average molecular weight is 155 g/mol. The zero-order valence-electron chi connectivity index (χ0n) is 6.96. The Morgan fingerprint density at radius 1 is 1.42 bits per heavy atom. The highest BCUT2D eigenvalue weighted by molar-refractivity contribution is 5.58. The molecular weight excluding hydrogens is 146 g/mol. The number of allylic oxidation sites excluding steroid dienone is 1. The summed E-state index contributed by atoms with van der Waals surface area (Å²) in [6.45, 7) is 1.98. The maximum absolute atomic E-state index is 4.35. The van der Waals surface area contributed by atoms with Crippen molar-refractivity contribution < 1.29 is 0 Å². The van der Waals surface area contributed by atoms with Crippen LogP contribution in [-0.4, -0.2) is 4.98 Å². The van der Waals surface area contributed by atoms with E-state index in [-0.39, 0.29) is 0 Å². The van der Waals surface area contributed by atoms with E-state index in [1.807, 2.05) is 13.0 Å². The minimum absolute atomic E-state index is 0.829. The third kappa shape index (κ3) is 1.24. The molecule has 1 aliphatic carbocycles. The number of hydrogen-bond acceptors (Lipinski definition) is 1. The highest BCUT2D eigenvalue weighted by Gasteiger charge is 1.99. The predicted octanol–water partition coefficient (Wildman–Crippen LogP) is 2.16. The third-order valence-electron chi connectivity index (χ3n) is 1.79. The lowest BCUT2D eigenvalue weighted by atomic mass is 10.2. The molecule has 0 atom stereocenters. The number of aromatic nitrogens is 1. The Bertz CT molecular complexity index is 391. The maximum atomic E-state index is 4.35. The quantitative estimate of drug-likeness (QED) is 0.523. The Labute approximate surface area is 72.1 Å². The Balaban J connectivity index is 2.62. The predicted molar refractivity (Wildman–Crippen MR) is 49.5 cm³/mol. The van der Waals surface area contributed by atoms with E-state index in [0.717, 1.165) is 23.4 Å². The van der Waals surface area contributed by atoms with Gasteiger partial charge in [-0.1, -0.05) is 24.1 Å². The van der Waals surface area contributed by atoms with Gasteiger partial charge in [0.2, 0.25) is 0 Å². The van der Waals surface area contributed by atoms with Gasteiger partial charge in [0.05, 0.1) is 0 Å². The molecule has 58 valence electrons. The molecule has 0 radical (unpaired) electrons. The monoisotopic (exact) mass is 155 g/mol. The molecule has 0 aromatic carbocycles. The lowest BCUT2D eigenvalue weighted by Crippen LogP contribution is -1.89. The van der Waals surface area contributed by atoms with Gasteiger partial charge in [0, 0.05) is 17.7 Å². The molecule has 0 N–H and O–H groups in total. The van der Waals surface area contributed by atoms with Crippen LogP contribution in [0.2, 0.25) is 0 Å². The second-order valence-corrected chi connectivity index (χ2v) is 2.80.